The molecule has 5 heteroatoms. The number of hydrogen-bond donors (Lipinski definition) is 0. The van der Waals surface area contributed by atoms with Crippen molar-refractivity contribution < 1.29 is 18.3 Å². The maximum Gasteiger partial charge on any atom is 0.353 e. The van der Waals surface area contributed by atoms with Crippen molar-refractivity contribution in [3.8, 4) is 0 Å². The van der Waals surface area contributed by atoms with E-state index in [1.807, 2.05) is 0 Å². The maximum atomic E-state index is 11.8. The molecule has 0 aromatic carbocycles. The number of rotatable bonds is 6. The summed E-state index contributed by atoms with van der Waals surface area (Å²) in [4.78, 5) is 0. The van der Waals surface area contributed by atoms with Gasteiger partial charge < -0.3 is 13.8 Å². The van der Waals surface area contributed by atoms with Gasteiger partial charge >= 0.3 is 7.60 Å². The molecule has 1 heterocycles. The van der Waals surface area contributed by atoms with Crippen LogP contribution < -0.4 is 0 Å². The van der Waals surface area contributed by atoms with Gasteiger partial charge in [-0.1, -0.05) is 0 Å². The Hall–Kier alpha value is -0.150. The fourth-order valence-corrected chi connectivity index (χ4v) is 2.22. The van der Waals surface area contributed by atoms with Crippen LogP contribution in [0.1, 0.15) is 13.8 Å². The van der Waals surface area contributed by atoms with E-state index in [0.29, 0.717) is 19.8 Å². The minimum Gasteiger partial charge on any atom is -0.369 e. The van der Waals surface area contributed by atoms with Crippen LogP contribution in [-0.2, 0) is 18.3 Å². The van der Waals surface area contributed by atoms with E-state index in [1.54, 1.807) is 19.9 Å². The summed E-state index contributed by atoms with van der Waals surface area (Å²) >= 11 is 0. The van der Waals surface area contributed by atoms with Crippen LogP contribution in [0.15, 0.2) is 11.9 Å². The molecule has 1 unspecified atom stereocenters. The first-order valence-electron chi connectivity index (χ1n) is 4.40. The molecule has 0 aromatic heterocycles. The Labute approximate surface area is 78.4 Å². The third-order valence-corrected chi connectivity index (χ3v) is 3.23. The average molecular weight is 206 g/mol. The molecule has 4 nitrogen and oxygen atoms in total. The van der Waals surface area contributed by atoms with Gasteiger partial charge in [0.25, 0.3) is 0 Å². The molecule has 0 bridgehead atoms. The predicted molar refractivity (Wildman–Crippen MR) is 49.7 cm³/mol. The molecule has 0 aliphatic carbocycles. The average Bonchev–Trinajstić information content (AvgIpc) is 2.85. The zero-order chi connectivity index (χ0) is 9.73. The molecule has 1 aliphatic heterocycles. The Balaban J connectivity index is 2.48. The minimum absolute atomic E-state index is 0.106. The third-order valence-electron chi connectivity index (χ3n) is 1.46. The second kappa shape index (κ2) is 4.91. The Kier molecular flexibility index (Phi) is 4.13. The largest absolute Gasteiger partial charge is 0.369 e. The summed E-state index contributed by atoms with van der Waals surface area (Å²) in [7, 11) is -2.99. The lowest BCUT2D eigenvalue weighted by molar-refractivity contribution is 0.228. The van der Waals surface area contributed by atoms with Crippen LogP contribution >= 0.6 is 7.60 Å². The second-order valence-corrected chi connectivity index (χ2v) is 4.48. The molecule has 0 aromatic rings. The normalized spacial score (nSPS) is 22.5. The van der Waals surface area contributed by atoms with Crippen LogP contribution in [0.25, 0.3) is 0 Å². The highest BCUT2D eigenvalue weighted by atomic mass is 31.2. The van der Waals surface area contributed by atoms with E-state index in [-0.39, 0.29) is 6.10 Å². The predicted octanol–water partition coefficient (Wildman–Crippen LogP) is 2.17. The van der Waals surface area contributed by atoms with E-state index in [0.717, 1.165) is 0 Å². The third kappa shape index (κ3) is 4.05. The van der Waals surface area contributed by atoms with Gasteiger partial charge in [0.1, 0.15) is 0 Å². The van der Waals surface area contributed by atoms with Gasteiger partial charge in [-0.15, -0.1) is 0 Å². The van der Waals surface area contributed by atoms with E-state index in [9.17, 15) is 4.57 Å². The van der Waals surface area contributed by atoms with Crippen molar-refractivity contribution in [2.45, 2.75) is 20.0 Å². The molecule has 1 aliphatic rings. The Morgan fingerprint density at radius 2 is 2.00 bits per heavy atom. The molecule has 1 saturated heterocycles. The highest BCUT2D eigenvalue weighted by Crippen LogP contribution is 2.49. The van der Waals surface area contributed by atoms with E-state index < -0.39 is 7.60 Å². The highest BCUT2D eigenvalue weighted by molar-refractivity contribution is 7.57. The van der Waals surface area contributed by atoms with Crippen molar-refractivity contribution in [3.63, 3.8) is 0 Å². The van der Waals surface area contributed by atoms with E-state index >= 15 is 0 Å². The second-order valence-electron chi connectivity index (χ2n) is 2.59. The number of hydrogen-bond acceptors (Lipinski definition) is 4. The standard InChI is InChI=1S/C8H15O4P/c1-3-11-13(9,12-4-2)6-5-8-7-10-8/h5-6,8H,3-4,7H2,1-2H3/b6-5+. The van der Waals surface area contributed by atoms with Crippen molar-refractivity contribution in [3.05, 3.63) is 11.9 Å². The van der Waals surface area contributed by atoms with Gasteiger partial charge in [0, 0.05) is 5.82 Å². The quantitative estimate of drug-likeness (QED) is 0.493. The summed E-state index contributed by atoms with van der Waals surface area (Å²) < 4.78 is 26.8. The van der Waals surface area contributed by atoms with Crippen LogP contribution in [-0.4, -0.2) is 25.9 Å². The molecule has 1 fully saturated rings. The molecule has 76 valence electrons. The van der Waals surface area contributed by atoms with Crippen LogP contribution in [0.4, 0.5) is 0 Å². The van der Waals surface area contributed by atoms with E-state index in [2.05, 4.69) is 0 Å². The summed E-state index contributed by atoms with van der Waals surface area (Å²) in [6, 6.07) is 0. The molecule has 1 rings (SSSR count). The molecule has 0 spiro atoms. The molecule has 13 heavy (non-hydrogen) atoms. The molecular formula is C8H15O4P. The minimum atomic E-state index is -2.99. The molecule has 0 saturated carbocycles. The zero-order valence-electron chi connectivity index (χ0n) is 7.93. The molecule has 1 atom stereocenters. The SMILES string of the molecule is CCOP(=O)(/C=C/C1CO1)OCC. The topological polar surface area (TPSA) is 48.1 Å². The van der Waals surface area contributed by atoms with Gasteiger partial charge in [0.05, 0.1) is 25.9 Å². The van der Waals surface area contributed by atoms with Crippen LogP contribution in [0, 0.1) is 0 Å². The van der Waals surface area contributed by atoms with Gasteiger partial charge in [-0.05, 0) is 19.9 Å². The Morgan fingerprint density at radius 1 is 1.46 bits per heavy atom. The van der Waals surface area contributed by atoms with Crippen molar-refractivity contribution >= 4 is 7.60 Å². The first-order chi connectivity index (χ1) is 6.20. The Morgan fingerprint density at radius 3 is 2.38 bits per heavy atom. The van der Waals surface area contributed by atoms with Gasteiger partial charge in [-0.3, -0.25) is 4.57 Å². The lowest BCUT2D eigenvalue weighted by atomic mass is 10.5. The van der Waals surface area contributed by atoms with Crippen LogP contribution in [0.5, 0.6) is 0 Å². The number of ether oxygens (including phenoxy) is 1. The van der Waals surface area contributed by atoms with Crippen molar-refractivity contribution in [1.82, 2.24) is 0 Å². The first kappa shape index (κ1) is 10.9. The molecular weight excluding hydrogens is 191 g/mol. The van der Waals surface area contributed by atoms with Crippen LogP contribution in [0.2, 0.25) is 0 Å². The summed E-state index contributed by atoms with van der Waals surface area (Å²) in [5.41, 5.74) is 0. The van der Waals surface area contributed by atoms with Crippen molar-refractivity contribution in [2.24, 2.45) is 0 Å². The van der Waals surface area contributed by atoms with Crippen molar-refractivity contribution in [2.75, 3.05) is 19.8 Å². The Bertz CT molecular complexity index is 212. The summed E-state index contributed by atoms with van der Waals surface area (Å²) in [5.74, 6) is 1.48. The summed E-state index contributed by atoms with van der Waals surface area (Å²) in [6.07, 6.45) is 1.83. The van der Waals surface area contributed by atoms with Crippen LogP contribution in [0.3, 0.4) is 0 Å². The number of epoxide rings is 1. The molecule has 0 N–H and O–H groups in total. The highest BCUT2D eigenvalue weighted by Gasteiger charge is 2.23. The van der Waals surface area contributed by atoms with E-state index in [1.165, 1.54) is 5.82 Å². The fourth-order valence-electron chi connectivity index (χ4n) is 0.851. The monoisotopic (exact) mass is 206 g/mol. The van der Waals surface area contributed by atoms with E-state index in [4.69, 9.17) is 13.8 Å². The summed E-state index contributed by atoms with van der Waals surface area (Å²) in [5, 5.41) is 0. The van der Waals surface area contributed by atoms with Gasteiger partial charge in [-0.25, -0.2) is 0 Å². The van der Waals surface area contributed by atoms with Gasteiger partial charge in [0.15, 0.2) is 0 Å². The molecule has 0 amide bonds. The smallest absolute Gasteiger partial charge is 0.353 e. The molecule has 0 radical (unpaired) electrons. The first-order valence-corrected chi connectivity index (χ1v) is 6.01. The summed E-state index contributed by atoms with van der Waals surface area (Å²) in [6.45, 7) is 5.04. The lowest BCUT2D eigenvalue weighted by Crippen LogP contribution is -1.93. The maximum absolute atomic E-state index is 11.8. The van der Waals surface area contributed by atoms with Crippen molar-refractivity contribution in [1.29, 1.82) is 0 Å². The fraction of sp³-hybridized carbons (Fsp3) is 0.750. The zero-order valence-corrected chi connectivity index (χ0v) is 8.83. The lowest BCUT2D eigenvalue weighted by Gasteiger charge is -2.11. The van der Waals surface area contributed by atoms with Gasteiger partial charge in [0.2, 0.25) is 0 Å². The van der Waals surface area contributed by atoms with Gasteiger partial charge in [-0.2, -0.15) is 0 Å².